The van der Waals surface area contributed by atoms with Crippen molar-refractivity contribution in [1.82, 2.24) is 15.3 Å². The van der Waals surface area contributed by atoms with E-state index in [0.29, 0.717) is 24.0 Å². The summed E-state index contributed by atoms with van der Waals surface area (Å²) in [5.74, 6) is 2.97. The standard InChI is InChI=1S/C19H23N5O2.HI/c1-20-19(22-13-8-9-16(25-2)17(12-13)26-3)21-11-10-18-23-14-6-4-5-7-15(14)24-18;/h4-9,12H,10-11H2,1-3H3,(H,23,24)(H2,20,21,22);1H. The van der Waals surface area contributed by atoms with Crippen molar-refractivity contribution in [3.05, 3.63) is 48.3 Å². The average Bonchev–Trinajstić information content (AvgIpc) is 3.09. The Morgan fingerprint density at radius 1 is 1.11 bits per heavy atom. The van der Waals surface area contributed by atoms with E-state index in [1.807, 2.05) is 42.5 Å². The molecule has 3 aromatic rings. The van der Waals surface area contributed by atoms with E-state index in [2.05, 4.69) is 25.6 Å². The van der Waals surface area contributed by atoms with Gasteiger partial charge in [-0.3, -0.25) is 4.99 Å². The number of aromatic nitrogens is 2. The van der Waals surface area contributed by atoms with E-state index in [9.17, 15) is 0 Å². The van der Waals surface area contributed by atoms with E-state index in [1.54, 1.807) is 21.3 Å². The molecule has 2 aromatic carbocycles. The number of halogens is 1. The summed E-state index contributed by atoms with van der Waals surface area (Å²) in [5, 5.41) is 6.52. The van der Waals surface area contributed by atoms with Gasteiger partial charge in [-0.2, -0.15) is 0 Å². The van der Waals surface area contributed by atoms with E-state index in [0.717, 1.165) is 29.0 Å². The van der Waals surface area contributed by atoms with Crippen molar-refractivity contribution in [1.29, 1.82) is 0 Å². The number of benzene rings is 2. The fraction of sp³-hybridized carbons (Fsp3) is 0.263. The second-order valence-electron chi connectivity index (χ2n) is 5.64. The molecule has 144 valence electrons. The number of imidazole rings is 1. The van der Waals surface area contributed by atoms with Crippen LogP contribution in [0.5, 0.6) is 11.5 Å². The molecule has 3 rings (SSSR count). The van der Waals surface area contributed by atoms with Crippen LogP contribution in [0.4, 0.5) is 5.69 Å². The first-order valence-corrected chi connectivity index (χ1v) is 8.37. The summed E-state index contributed by atoms with van der Waals surface area (Å²) in [6.07, 6.45) is 0.765. The van der Waals surface area contributed by atoms with Crippen LogP contribution in [0, 0.1) is 0 Å². The number of aliphatic imine (C=N–C) groups is 1. The molecule has 0 atom stereocenters. The van der Waals surface area contributed by atoms with Crippen LogP contribution in [0.3, 0.4) is 0 Å². The van der Waals surface area contributed by atoms with Gasteiger partial charge in [0.25, 0.3) is 0 Å². The van der Waals surface area contributed by atoms with Gasteiger partial charge in [0.1, 0.15) is 5.82 Å². The van der Waals surface area contributed by atoms with Crippen molar-refractivity contribution in [3.63, 3.8) is 0 Å². The molecule has 0 unspecified atom stereocenters. The van der Waals surface area contributed by atoms with Crippen LogP contribution in [0.2, 0.25) is 0 Å². The van der Waals surface area contributed by atoms with Crippen molar-refractivity contribution in [2.24, 2.45) is 4.99 Å². The molecule has 0 spiro atoms. The van der Waals surface area contributed by atoms with Gasteiger partial charge in [0.15, 0.2) is 17.5 Å². The average molecular weight is 481 g/mol. The summed E-state index contributed by atoms with van der Waals surface area (Å²) >= 11 is 0. The summed E-state index contributed by atoms with van der Waals surface area (Å²) in [6.45, 7) is 0.701. The summed E-state index contributed by atoms with van der Waals surface area (Å²) in [6, 6.07) is 13.6. The molecular weight excluding hydrogens is 457 g/mol. The normalized spacial score (nSPS) is 11.0. The molecule has 1 heterocycles. The zero-order valence-corrected chi connectivity index (χ0v) is 17.9. The largest absolute Gasteiger partial charge is 0.493 e. The Hall–Kier alpha value is -2.49. The van der Waals surface area contributed by atoms with Gasteiger partial charge in [0.05, 0.1) is 25.3 Å². The number of anilines is 1. The van der Waals surface area contributed by atoms with Gasteiger partial charge in [-0.25, -0.2) is 4.98 Å². The molecule has 0 aliphatic rings. The van der Waals surface area contributed by atoms with Gasteiger partial charge in [-0.15, -0.1) is 24.0 Å². The van der Waals surface area contributed by atoms with Gasteiger partial charge in [-0.05, 0) is 24.3 Å². The van der Waals surface area contributed by atoms with Crippen molar-refractivity contribution in [3.8, 4) is 11.5 Å². The summed E-state index contributed by atoms with van der Waals surface area (Å²) in [5.41, 5.74) is 2.89. The Bertz CT molecular complexity index is 877. The number of nitrogens with one attached hydrogen (secondary N) is 3. The highest BCUT2D eigenvalue weighted by Gasteiger charge is 2.07. The number of methoxy groups -OCH3 is 2. The van der Waals surface area contributed by atoms with Gasteiger partial charge in [0, 0.05) is 31.8 Å². The zero-order valence-electron chi connectivity index (χ0n) is 15.6. The highest BCUT2D eigenvalue weighted by Crippen LogP contribution is 2.29. The van der Waals surface area contributed by atoms with E-state index in [-0.39, 0.29) is 24.0 Å². The predicted octanol–water partition coefficient (Wildman–Crippen LogP) is 3.43. The second kappa shape index (κ2) is 10.0. The molecule has 0 saturated heterocycles. The van der Waals surface area contributed by atoms with E-state index in [4.69, 9.17) is 9.47 Å². The third-order valence-corrected chi connectivity index (χ3v) is 3.96. The topological polar surface area (TPSA) is 83.6 Å². The number of guanidine groups is 1. The molecule has 0 aliphatic carbocycles. The predicted molar refractivity (Wildman–Crippen MR) is 120 cm³/mol. The highest BCUT2D eigenvalue weighted by molar-refractivity contribution is 14.0. The number of nitrogens with zero attached hydrogens (tertiary/aromatic N) is 2. The monoisotopic (exact) mass is 481 g/mol. The van der Waals surface area contributed by atoms with E-state index in [1.165, 1.54) is 0 Å². The third kappa shape index (κ3) is 5.25. The van der Waals surface area contributed by atoms with Crippen molar-refractivity contribution >= 4 is 46.7 Å². The number of aromatic amines is 1. The first kappa shape index (κ1) is 20.8. The molecule has 3 N–H and O–H groups in total. The molecule has 0 fully saturated rings. The lowest BCUT2D eigenvalue weighted by Crippen LogP contribution is -2.32. The SMILES string of the molecule is CN=C(NCCc1nc2ccccc2[nH]1)Nc1ccc(OC)c(OC)c1.I. The van der Waals surface area contributed by atoms with Crippen LogP contribution >= 0.6 is 24.0 Å². The molecule has 0 aliphatic heterocycles. The number of H-pyrrole nitrogens is 1. The molecule has 0 amide bonds. The number of fused-ring (bicyclic) bond motifs is 1. The Kier molecular flexibility index (Phi) is 7.71. The minimum atomic E-state index is 0. The minimum Gasteiger partial charge on any atom is -0.493 e. The van der Waals surface area contributed by atoms with Crippen molar-refractivity contribution in [2.45, 2.75) is 6.42 Å². The van der Waals surface area contributed by atoms with Crippen LogP contribution in [0.15, 0.2) is 47.5 Å². The molecule has 0 saturated carbocycles. The van der Waals surface area contributed by atoms with Gasteiger partial charge in [0.2, 0.25) is 0 Å². The number of ether oxygens (including phenoxy) is 2. The van der Waals surface area contributed by atoms with Crippen LogP contribution in [0.25, 0.3) is 11.0 Å². The molecule has 1 aromatic heterocycles. The molecular formula is C19H24IN5O2. The number of hydrogen-bond donors (Lipinski definition) is 3. The Labute approximate surface area is 175 Å². The first-order valence-electron chi connectivity index (χ1n) is 8.37. The van der Waals surface area contributed by atoms with E-state index >= 15 is 0 Å². The van der Waals surface area contributed by atoms with Crippen LogP contribution in [-0.4, -0.2) is 43.7 Å². The molecule has 27 heavy (non-hydrogen) atoms. The fourth-order valence-electron chi connectivity index (χ4n) is 2.65. The summed E-state index contributed by atoms with van der Waals surface area (Å²) in [4.78, 5) is 12.1. The zero-order chi connectivity index (χ0) is 18.4. The van der Waals surface area contributed by atoms with Gasteiger partial charge < -0.3 is 25.1 Å². The van der Waals surface area contributed by atoms with E-state index < -0.39 is 0 Å². The molecule has 7 nitrogen and oxygen atoms in total. The number of rotatable bonds is 6. The highest BCUT2D eigenvalue weighted by atomic mass is 127. The Morgan fingerprint density at radius 3 is 2.59 bits per heavy atom. The summed E-state index contributed by atoms with van der Waals surface area (Å²) < 4.78 is 10.6. The van der Waals surface area contributed by atoms with Gasteiger partial charge >= 0.3 is 0 Å². The molecule has 8 heteroatoms. The third-order valence-electron chi connectivity index (χ3n) is 3.96. The van der Waals surface area contributed by atoms with Crippen LogP contribution in [0.1, 0.15) is 5.82 Å². The Balaban J connectivity index is 0.00000261. The number of hydrogen-bond acceptors (Lipinski definition) is 4. The van der Waals surface area contributed by atoms with Gasteiger partial charge in [-0.1, -0.05) is 12.1 Å². The second-order valence-corrected chi connectivity index (χ2v) is 5.64. The van der Waals surface area contributed by atoms with Crippen molar-refractivity contribution in [2.75, 3.05) is 33.1 Å². The smallest absolute Gasteiger partial charge is 0.195 e. The molecule has 0 radical (unpaired) electrons. The lowest BCUT2D eigenvalue weighted by molar-refractivity contribution is 0.355. The number of para-hydroxylation sites is 2. The van der Waals surface area contributed by atoms with Crippen molar-refractivity contribution < 1.29 is 9.47 Å². The Morgan fingerprint density at radius 2 is 1.89 bits per heavy atom. The maximum Gasteiger partial charge on any atom is 0.195 e. The van der Waals surface area contributed by atoms with Crippen LogP contribution < -0.4 is 20.1 Å². The first-order chi connectivity index (χ1) is 12.7. The molecule has 0 bridgehead atoms. The maximum atomic E-state index is 5.32. The fourth-order valence-corrected chi connectivity index (χ4v) is 2.65. The lowest BCUT2D eigenvalue weighted by atomic mass is 10.2. The summed E-state index contributed by atoms with van der Waals surface area (Å²) in [7, 11) is 4.96. The van der Waals surface area contributed by atoms with Crippen LogP contribution in [-0.2, 0) is 6.42 Å². The maximum absolute atomic E-state index is 5.32. The quantitative estimate of drug-likeness (QED) is 0.286. The minimum absolute atomic E-state index is 0. The lowest BCUT2D eigenvalue weighted by Gasteiger charge is -2.13.